The molecule has 4 nitrogen and oxygen atoms in total. The summed E-state index contributed by atoms with van der Waals surface area (Å²) in [6.07, 6.45) is 2.29. The number of rotatable bonds is 4. The molecule has 4 heteroatoms. The topological polar surface area (TPSA) is 82.0 Å². The van der Waals surface area contributed by atoms with E-state index in [9.17, 15) is 4.79 Å². The van der Waals surface area contributed by atoms with Gasteiger partial charge in [-0.25, -0.2) is 4.98 Å². The largest absolute Gasteiger partial charge is 0.383 e. The number of nitrogens with two attached hydrogens (primary N) is 2. The molecule has 0 saturated heterocycles. The summed E-state index contributed by atoms with van der Waals surface area (Å²) in [6.45, 7) is 5.99. The standard InChI is InChI=1S/C12H19N3O/c1-4-12(3,7-13)10(16)9-8(2)5-6-15-11(9)14/h5-6H,4,7,13H2,1-3H3,(H2,14,15). The first-order chi connectivity index (χ1) is 7.46. The van der Waals surface area contributed by atoms with Crippen LogP contribution < -0.4 is 11.5 Å². The highest BCUT2D eigenvalue weighted by molar-refractivity contribution is 6.05. The van der Waals surface area contributed by atoms with E-state index in [1.165, 1.54) is 0 Å². The molecule has 0 radical (unpaired) electrons. The third-order valence-corrected chi connectivity index (χ3v) is 3.19. The van der Waals surface area contributed by atoms with Gasteiger partial charge in [0.2, 0.25) is 0 Å². The van der Waals surface area contributed by atoms with Crippen molar-refractivity contribution in [3.8, 4) is 0 Å². The van der Waals surface area contributed by atoms with E-state index in [1.807, 2.05) is 20.8 Å². The van der Waals surface area contributed by atoms with Gasteiger partial charge in [0.25, 0.3) is 0 Å². The maximum Gasteiger partial charge on any atom is 0.173 e. The fourth-order valence-corrected chi connectivity index (χ4v) is 1.57. The second kappa shape index (κ2) is 4.61. The molecule has 0 aliphatic heterocycles. The molecule has 0 aromatic carbocycles. The maximum atomic E-state index is 12.4. The molecule has 4 N–H and O–H groups in total. The monoisotopic (exact) mass is 221 g/mol. The minimum absolute atomic E-state index is 0.0133. The molecule has 1 atom stereocenters. The van der Waals surface area contributed by atoms with E-state index in [0.717, 1.165) is 5.56 Å². The Labute approximate surface area is 96.0 Å². The smallest absolute Gasteiger partial charge is 0.173 e. The van der Waals surface area contributed by atoms with Crippen LogP contribution in [-0.2, 0) is 0 Å². The fraction of sp³-hybridized carbons (Fsp3) is 0.500. The zero-order valence-electron chi connectivity index (χ0n) is 10.1. The second-order valence-electron chi connectivity index (χ2n) is 4.34. The first-order valence-electron chi connectivity index (χ1n) is 5.42. The Hall–Kier alpha value is -1.42. The number of anilines is 1. The Morgan fingerprint density at radius 1 is 1.56 bits per heavy atom. The number of aryl methyl sites for hydroxylation is 1. The Balaban J connectivity index is 3.24. The first-order valence-corrected chi connectivity index (χ1v) is 5.42. The van der Waals surface area contributed by atoms with E-state index in [1.54, 1.807) is 12.3 Å². The maximum absolute atomic E-state index is 12.4. The highest BCUT2D eigenvalue weighted by atomic mass is 16.1. The summed E-state index contributed by atoms with van der Waals surface area (Å²) in [4.78, 5) is 16.3. The molecule has 0 aliphatic carbocycles. The van der Waals surface area contributed by atoms with Gasteiger partial charge < -0.3 is 11.5 Å². The zero-order chi connectivity index (χ0) is 12.3. The molecule has 0 fully saturated rings. The number of carbonyl (C=O) groups is 1. The number of Topliss-reactive ketones (excluding diaryl/α,β-unsaturated/α-hetero) is 1. The van der Waals surface area contributed by atoms with Crippen LogP contribution in [0.5, 0.6) is 0 Å². The van der Waals surface area contributed by atoms with Gasteiger partial charge in [0.05, 0.1) is 5.56 Å². The van der Waals surface area contributed by atoms with Crippen molar-refractivity contribution in [1.29, 1.82) is 0 Å². The van der Waals surface area contributed by atoms with Crippen molar-refractivity contribution in [3.05, 3.63) is 23.4 Å². The van der Waals surface area contributed by atoms with Gasteiger partial charge in [-0.05, 0) is 25.0 Å². The minimum Gasteiger partial charge on any atom is -0.383 e. The molecule has 1 aromatic heterocycles. The predicted molar refractivity (Wildman–Crippen MR) is 65.2 cm³/mol. The number of ketones is 1. The third kappa shape index (κ3) is 2.07. The highest BCUT2D eigenvalue weighted by Crippen LogP contribution is 2.28. The molecular formula is C12H19N3O. The fourth-order valence-electron chi connectivity index (χ4n) is 1.57. The molecule has 1 heterocycles. The van der Waals surface area contributed by atoms with E-state index in [0.29, 0.717) is 18.5 Å². The van der Waals surface area contributed by atoms with Crippen LogP contribution >= 0.6 is 0 Å². The zero-order valence-corrected chi connectivity index (χ0v) is 10.1. The van der Waals surface area contributed by atoms with Crippen LogP contribution in [0.25, 0.3) is 0 Å². The summed E-state index contributed by atoms with van der Waals surface area (Å²) < 4.78 is 0. The number of hydrogen-bond donors (Lipinski definition) is 2. The van der Waals surface area contributed by atoms with Crippen molar-refractivity contribution in [2.75, 3.05) is 12.3 Å². The number of pyridine rings is 1. The van der Waals surface area contributed by atoms with Gasteiger partial charge in [-0.15, -0.1) is 0 Å². The number of nitrogens with zero attached hydrogens (tertiary/aromatic N) is 1. The van der Waals surface area contributed by atoms with Crippen molar-refractivity contribution in [3.63, 3.8) is 0 Å². The molecule has 1 rings (SSSR count). The molecule has 0 spiro atoms. The summed E-state index contributed by atoms with van der Waals surface area (Å²) in [5.74, 6) is 0.277. The minimum atomic E-state index is -0.554. The van der Waals surface area contributed by atoms with Crippen molar-refractivity contribution in [2.45, 2.75) is 27.2 Å². The van der Waals surface area contributed by atoms with Gasteiger partial charge in [-0.2, -0.15) is 0 Å². The normalized spacial score (nSPS) is 14.5. The summed E-state index contributed by atoms with van der Waals surface area (Å²) in [5, 5.41) is 0. The molecule has 88 valence electrons. The number of carbonyl (C=O) groups excluding carboxylic acids is 1. The van der Waals surface area contributed by atoms with E-state index in [4.69, 9.17) is 11.5 Å². The van der Waals surface area contributed by atoms with Gasteiger partial charge in [0.1, 0.15) is 5.82 Å². The Kier molecular flexibility index (Phi) is 3.65. The summed E-state index contributed by atoms with van der Waals surface area (Å²) in [7, 11) is 0. The molecule has 0 aliphatic rings. The average Bonchev–Trinajstić information content (AvgIpc) is 2.27. The van der Waals surface area contributed by atoms with Gasteiger partial charge in [0, 0.05) is 18.2 Å². The van der Waals surface area contributed by atoms with Crippen molar-refractivity contribution >= 4 is 11.6 Å². The number of aromatic nitrogens is 1. The van der Waals surface area contributed by atoms with E-state index < -0.39 is 5.41 Å². The second-order valence-corrected chi connectivity index (χ2v) is 4.34. The van der Waals surface area contributed by atoms with Crippen molar-refractivity contribution in [1.82, 2.24) is 4.98 Å². The lowest BCUT2D eigenvalue weighted by Gasteiger charge is -2.25. The molecule has 1 unspecified atom stereocenters. The molecule has 16 heavy (non-hydrogen) atoms. The lowest BCUT2D eigenvalue weighted by atomic mass is 9.79. The molecule has 1 aromatic rings. The van der Waals surface area contributed by atoms with Gasteiger partial charge in [-0.1, -0.05) is 13.8 Å². The average molecular weight is 221 g/mol. The Morgan fingerprint density at radius 2 is 2.19 bits per heavy atom. The summed E-state index contributed by atoms with van der Waals surface area (Å²) >= 11 is 0. The first kappa shape index (κ1) is 12.6. The predicted octanol–water partition coefficient (Wildman–Crippen LogP) is 1.53. The van der Waals surface area contributed by atoms with Crippen LogP contribution in [0.15, 0.2) is 12.3 Å². The molecule has 0 bridgehead atoms. The van der Waals surface area contributed by atoms with Crippen LogP contribution in [0, 0.1) is 12.3 Å². The molecule has 0 amide bonds. The van der Waals surface area contributed by atoms with E-state index in [-0.39, 0.29) is 11.6 Å². The van der Waals surface area contributed by atoms with Crippen molar-refractivity contribution in [2.24, 2.45) is 11.1 Å². The quantitative estimate of drug-likeness (QED) is 0.755. The van der Waals surface area contributed by atoms with Gasteiger partial charge >= 0.3 is 0 Å². The Bertz CT molecular complexity index is 377. The van der Waals surface area contributed by atoms with Crippen LogP contribution in [0.1, 0.15) is 36.2 Å². The lowest BCUT2D eigenvalue weighted by molar-refractivity contribution is 0.0820. The molecular weight excluding hydrogens is 202 g/mol. The van der Waals surface area contributed by atoms with Crippen LogP contribution in [0.4, 0.5) is 5.82 Å². The number of hydrogen-bond acceptors (Lipinski definition) is 4. The van der Waals surface area contributed by atoms with E-state index >= 15 is 0 Å². The summed E-state index contributed by atoms with van der Waals surface area (Å²) in [6, 6.07) is 1.79. The van der Waals surface area contributed by atoms with E-state index in [2.05, 4.69) is 4.98 Å². The molecule has 0 saturated carbocycles. The highest BCUT2D eigenvalue weighted by Gasteiger charge is 2.32. The number of nitrogen functional groups attached to an aromatic ring is 1. The Morgan fingerprint density at radius 3 is 2.62 bits per heavy atom. The van der Waals surface area contributed by atoms with Gasteiger partial charge in [-0.3, -0.25) is 4.79 Å². The lowest BCUT2D eigenvalue weighted by Crippen LogP contribution is -2.36. The van der Waals surface area contributed by atoms with Crippen LogP contribution in [0.2, 0.25) is 0 Å². The SMILES string of the molecule is CCC(C)(CN)C(=O)c1c(C)ccnc1N. The summed E-state index contributed by atoms with van der Waals surface area (Å²) in [5.41, 5.74) is 12.2. The van der Waals surface area contributed by atoms with Crippen LogP contribution in [0.3, 0.4) is 0 Å². The van der Waals surface area contributed by atoms with Gasteiger partial charge in [0.15, 0.2) is 5.78 Å². The van der Waals surface area contributed by atoms with Crippen LogP contribution in [-0.4, -0.2) is 17.3 Å². The third-order valence-electron chi connectivity index (χ3n) is 3.19. The van der Waals surface area contributed by atoms with Crippen molar-refractivity contribution < 1.29 is 4.79 Å².